The lowest BCUT2D eigenvalue weighted by Crippen LogP contribution is -2.45. The minimum atomic E-state index is 0.318. The van der Waals surface area contributed by atoms with E-state index in [-0.39, 0.29) is 0 Å². The molecule has 3 heteroatoms. The molecular formula is C16H30N2O. The third kappa shape index (κ3) is 4.90. The van der Waals surface area contributed by atoms with Crippen LogP contribution in [0, 0.1) is 5.92 Å². The van der Waals surface area contributed by atoms with Gasteiger partial charge in [0, 0.05) is 25.7 Å². The van der Waals surface area contributed by atoms with Crippen LogP contribution in [0.25, 0.3) is 0 Å². The monoisotopic (exact) mass is 266 g/mol. The summed E-state index contributed by atoms with van der Waals surface area (Å²) in [5.74, 6) is 0.897. The summed E-state index contributed by atoms with van der Waals surface area (Å²) in [6.45, 7) is 5.17. The topological polar surface area (TPSA) is 26.7 Å². The van der Waals surface area contributed by atoms with Gasteiger partial charge in [0.2, 0.25) is 0 Å². The molecule has 0 spiro atoms. The number of aliphatic hydroxyl groups excluding tert-OH is 1. The summed E-state index contributed by atoms with van der Waals surface area (Å²) in [5, 5.41) is 8.90. The van der Waals surface area contributed by atoms with Gasteiger partial charge >= 0.3 is 0 Å². The van der Waals surface area contributed by atoms with Crippen molar-refractivity contribution in [3.8, 4) is 0 Å². The molecule has 1 saturated heterocycles. The predicted molar refractivity (Wildman–Crippen MR) is 80.3 cm³/mol. The number of nitrogens with zero attached hydrogens (tertiary/aromatic N) is 2. The molecule has 1 heterocycles. The number of hydrogen-bond donors (Lipinski definition) is 1. The average Bonchev–Trinajstić information content (AvgIpc) is 2.46. The quantitative estimate of drug-likeness (QED) is 0.746. The molecule has 0 amide bonds. The van der Waals surface area contributed by atoms with Gasteiger partial charge in [-0.3, -0.25) is 0 Å². The van der Waals surface area contributed by atoms with Crippen LogP contribution in [0.2, 0.25) is 0 Å². The fraction of sp³-hybridized carbons (Fsp3) is 0.875. The van der Waals surface area contributed by atoms with Gasteiger partial charge in [-0.05, 0) is 64.6 Å². The zero-order valence-electron chi connectivity index (χ0n) is 12.4. The first kappa shape index (κ1) is 15.0. The fourth-order valence-electron chi connectivity index (χ4n) is 3.43. The van der Waals surface area contributed by atoms with Gasteiger partial charge < -0.3 is 14.9 Å². The van der Waals surface area contributed by atoms with E-state index in [2.05, 4.69) is 29.0 Å². The van der Waals surface area contributed by atoms with Crippen molar-refractivity contribution in [2.75, 3.05) is 39.8 Å². The first-order valence-corrected chi connectivity index (χ1v) is 7.98. The zero-order valence-corrected chi connectivity index (χ0v) is 12.4. The number of aliphatic hydroxyl groups is 1. The lowest BCUT2D eigenvalue weighted by molar-refractivity contribution is 0.109. The summed E-state index contributed by atoms with van der Waals surface area (Å²) in [6, 6.07) is 0.731. The number of piperidine rings is 1. The lowest BCUT2D eigenvalue weighted by Gasteiger charge is -2.38. The third-order valence-corrected chi connectivity index (χ3v) is 4.74. The molecule has 2 rings (SSSR count). The second-order valence-corrected chi connectivity index (χ2v) is 6.24. The maximum atomic E-state index is 8.90. The van der Waals surface area contributed by atoms with Crippen LogP contribution in [-0.4, -0.2) is 60.8 Å². The first-order chi connectivity index (χ1) is 9.29. The van der Waals surface area contributed by atoms with Gasteiger partial charge in [0.25, 0.3) is 0 Å². The SMILES string of the molecule is CN(CCCO)C1CCN(CC2CC=CCC2)CC1. The van der Waals surface area contributed by atoms with Gasteiger partial charge in [-0.25, -0.2) is 0 Å². The van der Waals surface area contributed by atoms with E-state index in [4.69, 9.17) is 5.11 Å². The summed E-state index contributed by atoms with van der Waals surface area (Å²) in [4.78, 5) is 5.11. The molecule has 19 heavy (non-hydrogen) atoms. The van der Waals surface area contributed by atoms with Crippen molar-refractivity contribution in [2.45, 2.75) is 44.6 Å². The van der Waals surface area contributed by atoms with Gasteiger partial charge in [-0.1, -0.05) is 12.2 Å². The van der Waals surface area contributed by atoms with Crippen LogP contribution in [0.15, 0.2) is 12.2 Å². The number of allylic oxidation sites excluding steroid dienone is 2. The normalized spacial score (nSPS) is 26.2. The van der Waals surface area contributed by atoms with Crippen LogP contribution in [-0.2, 0) is 0 Å². The van der Waals surface area contributed by atoms with Crippen molar-refractivity contribution >= 4 is 0 Å². The molecule has 110 valence electrons. The van der Waals surface area contributed by atoms with Crippen molar-refractivity contribution in [2.24, 2.45) is 5.92 Å². The van der Waals surface area contributed by atoms with E-state index in [1.165, 1.54) is 51.7 Å². The second-order valence-electron chi connectivity index (χ2n) is 6.24. The Bertz CT molecular complexity index is 272. The van der Waals surface area contributed by atoms with Crippen molar-refractivity contribution in [1.82, 2.24) is 9.80 Å². The summed E-state index contributed by atoms with van der Waals surface area (Å²) in [5.41, 5.74) is 0. The van der Waals surface area contributed by atoms with Crippen LogP contribution in [0.1, 0.15) is 38.5 Å². The highest BCUT2D eigenvalue weighted by molar-refractivity contribution is 4.91. The Morgan fingerprint density at radius 1 is 1.21 bits per heavy atom. The average molecular weight is 266 g/mol. The molecule has 0 radical (unpaired) electrons. The van der Waals surface area contributed by atoms with Crippen LogP contribution < -0.4 is 0 Å². The molecule has 1 unspecified atom stereocenters. The molecule has 0 saturated carbocycles. The van der Waals surface area contributed by atoms with Crippen molar-refractivity contribution in [3.05, 3.63) is 12.2 Å². The lowest BCUT2D eigenvalue weighted by atomic mass is 9.93. The van der Waals surface area contributed by atoms with Gasteiger partial charge in [0.05, 0.1) is 0 Å². The maximum absolute atomic E-state index is 8.90. The number of likely N-dealkylation sites (tertiary alicyclic amines) is 1. The van der Waals surface area contributed by atoms with Gasteiger partial charge in [-0.2, -0.15) is 0 Å². The van der Waals surface area contributed by atoms with E-state index < -0.39 is 0 Å². The number of hydrogen-bond acceptors (Lipinski definition) is 3. The zero-order chi connectivity index (χ0) is 13.5. The van der Waals surface area contributed by atoms with Gasteiger partial charge in [0.15, 0.2) is 0 Å². The van der Waals surface area contributed by atoms with Crippen LogP contribution in [0.3, 0.4) is 0 Å². The minimum absolute atomic E-state index is 0.318. The molecule has 3 nitrogen and oxygen atoms in total. The Hall–Kier alpha value is -0.380. The summed E-state index contributed by atoms with van der Waals surface area (Å²) >= 11 is 0. The molecule has 2 aliphatic rings. The van der Waals surface area contributed by atoms with Crippen LogP contribution >= 0.6 is 0 Å². The highest BCUT2D eigenvalue weighted by atomic mass is 16.3. The highest BCUT2D eigenvalue weighted by Gasteiger charge is 2.23. The van der Waals surface area contributed by atoms with Crippen LogP contribution in [0.5, 0.6) is 0 Å². The number of rotatable bonds is 6. The van der Waals surface area contributed by atoms with Crippen LogP contribution in [0.4, 0.5) is 0 Å². The van der Waals surface area contributed by atoms with Gasteiger partial charge in [0.1, 0.15) is 0 Å². The largest absolute Gasteiger partial charge is 0.396 e. The van der Waals surface area contributed by atoms with Crippen molar-refractivity contribution in [3.63, 3.8) is 0 Å². The van der Waals surface area contributed by atoms with Crippen molar-refractivity contribution < 1.29 is 5.11 Å². The van der Waals surface area contributed by atoms with E-state index in [1.807, 2.05) is 0 Å². The summed E-state index contributed by atoms with van der Waals surface area (Å²) < 4.78 is 0. The Kier molecular flexibility index (Phi) is 6.35. The maximum Gasteiger partial charge on any atom is 0.0443 e. The third-order valence-electron chi connectivity index (χ3n) is 4.74. The van der Waals surface area contributed by atoms with Crippen molar-refractivity contribution in [1.29, 1.82) is 0 Å². The Labute approximate surface area is 118 Å². The molecule has 1 aliphatic carbocycles. The predicted octanol–water partition coefficient (Wildman–Crippen LogP) is 2.12. The molecule has 0 aromatic carbocycles. The Morgan fingerprint density at radius 2 is 2.00 bits per heavy atom. The summed E-state index contributed by atoms with van der Waals surface area (Å²) in [6.07, 6.45) is 12.1. The molecule has 1 atom stereocenters. The highest BCUT2D eigenvalue weighted by Crippen LogP contribution is 2.22. The van der Waals surface area contributed by atoms with E-state index >= 15 is 0 Å². The minimum Gasteiger partial charge on any atom is -0.396 e. The smallest absolute Gasteiger partial charge is 0.0443 e. The van der Waals surface area contributed by atoms with E-state index in [0.717, 1.165) is 24.9 Å². The molecule has 1 fully saturated rings. The molecule has 0 aromatic rings. The molecule has 0 bridgehead atoms. The van der Waals surface area contributed by atoms with E-state index in [1.54, 1.807) is 0 Å². The molecule has 0 aromatic heterocycles. The molecular weight excluding hydrogens is 236 g/mol. The molecule has 1 aliphatic heterocycles. The van der Waals surface area contributed by atoms with E-state index in [9.17, 15) is 0 Å². The molecule has 1 N–H and O–H groups in total. The Balaban J connectivity index is 1.65. The fourth-order valence-corrected chi connectivity index (χ4v) is 3.43. The van der Waals surface area contributed by atoms with E-state index in [0.29, 0.717) is 6.61 Å². The first-order valence-electron chi connectivity index (χ1n) is 7.98. The Morgan fingerprint density at radius 3 is 2.63 bits per heavy atom. The van der Waals surface area contributed by atoms with Gasteiger partial charge in [-0.15, -0.1) is 0 Å². The second kappa shape index (κ2) is 8.03. The standard InChI is InChI=1S/C16H30N2O/c1-17(10-5-13-19)16-8-11-18(12-9-16)14-15-6-3-2-4-7-15/h2-3,15-16,19H,4-14H2,1H3. The summed E-state index contributed by atoms with van der Waals surface area (Å²) in [7, 11) is 2.21.